The molecule has 0 saturated heterocycles. The molecule has 0 aromatic heterocycles. The Bertz CT molecular complexity index is 1300. The first-order valence-electron chi connectivity index (χ1n) is 10.7. The molecule has 34 heavy (non-hydrogen) atoms. The van der Waals surface area contributed by atoms with E-state index in [1.54, 1.807) is 30.3 Å². The van der Waals surface area contributed by atoms with Crippen LogP contribution in [0.4, 0.5) is 8.78 Å². The van der Waals surface area contributed by atoms with E-state index in [0.717, 1.165) is 24.1 Å². The molecule has 1 aliphatic heterocycles. The summed E-state index contributed by atoms with van der Waals surface area (Å²) in [6.45, 7) is 2.76. The summed E-state index contributed by atoms with van der Waals surface area (Å²) in [5, 5.41) is 15.4. The summed E-state index contributed by atoms with van der Waals surface area (Å²) in [7, 11) is 0. The monoisotopic (exact) mass is 464 g/mol. The van der Waals surface area contributed by atoms with Gasteiger partial charge in [0.25, 0.3) is 11.8 Å². The number of rotatable bonds is 7. The maximum Gasteiger partial charge on any atom is 0.260 e. The highest BCUT2D eigenvalue weighted by Crippen LogP contribution is 2.30. The molecular weight excluding hydrogens is 442 g/mol. The lowest BCUT2D eigenvalue weighted by Crippen LogP contribution is -2.37. The molecule has 0 unspecified atom stereocenters. The minimum Gasteiger partial charge on any atom is -0.504 e. The van der Waals surface area contributed by atoms with Gasteiger partial charge in [-0.25, -0.2) is 8.78 Å². The van der Waals surface area contributed by atoms with Crippen LogP contribution in [-0.2, 0) is 11.3 Å². The van der Waals surface area contributed by atoms with Gasteiger partial charge in [0, 0.05) is 23.9 Å². The SMILES string of the molecule is CCCOc1ccc(CN/C=C2\C(=O)NC(=O)c3ccc(-c4ccc(F)c(F)c4)cc32)cc1O. The molecule has 0 fully saturated rings. The van der Waals surface area contributed by atoms with E-state index in [2.05, 4.69) is 10.6 Å². The highest BCUT2D eigenvalue weighted by molar-refractivity contribution is 6.31. The number of fused-ring (bicyclic) bond motifs is 1. The Labute approximate surface area is 194 Å². The van der Waals surface area contributed by atoms with Crippen molar-refractivity contribution in [2.75, 3.05) is 6.61 Å². The third-order valence-corrected chi connectivity index (χ3v) is 5.32. The Hall–Kier alpha value is -4.20. The van der Waals surface area contributed by atoms with Gasteiger partial charge in [-0.15, -0.1) is 0 Å². The zero-order valence-electron chi connectivity index (χ0n) is 18.3. The molecule has 174 valence electrons. The molecule has 0 atom stereocenters. The van der Waals surface area contributed by atoms with Gasteiger partial charge in [-0.2, -0.15) is 0 Å². The second-order valence-corrected chi connectivity index (χ2v) is 7.76. The first-order valence-corrected chi connectivity index (χ1v) is 10.7. The number of amides is 2. The highest BCUT2D eigenvalue weighted by Gasteiger charge is 2.27. The Morgan fingerprint density at radius 1 is 0.941 bits per heavy atom. The Balaban J connectivity index is 1.59. The molecule has 1 aliphatic rings. The standard InChI is InChI=1S/C26H22F2N2O4/c1-2-9-34-24-8-3-15(10-23(24)31)13-29-14-20-19-11-16(17-5-7-21(27)22(28)12-17)4-6-18(19)25(32)30-26(20)33/h3-8,10-12,14,29,31H,2,9,13H2,1H3,(H,30,32,33)/b20-14-. The number of carbonyl (C=O) groups is 2. The molecule has 8 heteroatoms. The normalized spacial score (nSPS) is 14.0. The fraction of sp³-hybridized carbons (Fsp3) is 0.154. The number of phenolic OH excluding ortho intramolecular Hbond substituents is 1. The van der Waals surface area contributed by atoms with E-state index >= 15 is 0 Å². The number of imide groups is 1. The third kappa shape index (κ3) is 4.76. The van der Waals surface area contributed by atoms with Gasteiger partial charge in [0.05, 0.1) is 12.2 Å². The van der Waals surface area contributed by atoms with Crippen LogP contribution in [0.5, 0.6) is 11.5 Å². The molecule has 4 rings (SSSR count). The fourth-order valence-corrected chi connectivity index (χ4v) is 3.60. The van der Waals surface area contributed by atoms with Crippen molar-refractivity contribution in [3.05, 3.63) is 89.1 Å². The van der Waals surface area contributed by atoms with Gasteiger partial charge >= 0.3 is 0 Å². The topological polar surface area (TPSA) is 87.7 Å². The third-order valence-electron chi connectivity index (χ3n) is 5.32. The van der Waals surface area contributed by atoms with Gasteiger partial charge in [0.2, 0.25) is 0 Å². The average Bonchev–Trinajstić information content (AvgIpc) is 2.82. The number of halogens is 2. The van der Waals surface area contributed by atoms with Crippen molar-refractivity contribution in [2.45, 2.75) is 19.9 Å². The van der Waals surface area contributed by atoms with Crippen LogP contribution in [0.15, 0.2) is 60.8 Å². The zero-order valence-corrected chi connectivity index (χ0v) is 18.3. The molecule has 0 aliphatic carbocycles. The van der Waals surface area contributed by atoms with Gasteiger partial charge in [-0.3, -0.25) is 14.9 Å². The largest absolute Gasteiger partial charge is 0.504 e. The van der Waals surface area contributed by atoms with Gasteiger partial charge in [-0.1, -0.05) is 25.1 Å². The van der Waals surface area contributed by atoms with Crippen molar-refractivity contribution in [2.24, 2.45) is 0 Å². The minimum absolute atomic E-state index is 0.0166. The quantitative estimate of drug-likeness (QED) is 0.353. The Kier molecular flexibility index (Phi) is 6.58. The number of benzene rings is 3. The Morgan fingerprint density at radius 2 is 1.71 bits per heavy atom. The molecule has 1 heterocycles. The molecule has 3 aromatic rings. The van der Waals surface area contributed by atoms with Crippen LogP contribution in [-0.4, -0.2) is 23.5 Å². The van der Waals surface area contributed by atoms with Crippen LogP contribution >= 0.6 is 0 Å². The van der Waals surface area contributed by atoms with Crippen molar-refractivity contribution in [3.8, 4) is 22.6 Å². The van der Waals surface area contributed by atoms with Crippen molar-refractivity contribution in [1.82, 2.24) is 10.6 Å². The highest BCUT2D eigenvalue weighted by atomic mass is 19.2. The molecule has 0 bridgehead atoms. The summed E-state index contributed by atoms with van der Waals surface area (Å²) >= 11 is 0. The molecular formula is C26H22F2N2O4. The van der Waals surface area contributed by atoms with Crippen molar-refractivity contribution in [1.29, 1.82) is 0 Å². The smallest absolute Gasteiger partial charge is 0.260 e. The predicted octanol–water partition coefficient (Wildman–Crippen LogP) is 4.53. The summed E-state index contributed by atoms with van der Waals surface area (Å²) in [6, 6.07) is 13.3. The summed E-state index contributed by atoms with van der Waals surface area (Å²) in [6.07, 6.45) is 2.30. The van der Waals surface area contributed by atoms with E-state index in [1.807, 2.05) is 6.92 Å². The first kappa shape index (κ1) is 23.0. The van der Waals surface area contributed by atoms with Crippen molar-refractivity contribution in [3.63, 3.8) is 0 Å². The number of hydrogen-bond acceptors (Lipinski definition) is 5. The number of nitrogens with one attached hydrogen (secondary N) is 2. The van der Waals surface area contributed by atoms with Gasteiger partial charge < -0.3 is 15.2 Å². The van der Waals surface area contributed by atoms with E-state index in [9.17, 15) is 23.5 Å². The van der Waals surface area contributed by atoms with E-state index in [-0.39, 0.29) is 16.9 Å². The van der Waals surface area contributed by atoms with Crippen molar-refractivity contribution >= 4 is 17.4 Å². The van der Waals surface area contributed by atoms with Crippen molar-refractivity contribution < 1.29 is 28.2 Å². The molecule has 2 amide bonds. The fourth-order valence-electron chi connectivity index (χ4n) is 3.60. The average molecular weight is 464 g/mol. The molecule has 3 N–H and O–H groups in total. The van der Waals surface area contributed by atoms with Crippen LogP contribution in [0.3, 0.4) is 0 Å². The number of ether oxygens (including phenoxy) is 1. The van der Waals surface area contributed by atoms with Crippen LogP contribution < -0.4 is 15.4 Å². The number of carbonyl (C=O) groups excluding carboxylic acids is 2. The summed E-state index contributed by atoms with van der Waals surface area (Å²) in [5.74, 6) is -2.66. The van der Waals surface area contributed by atoms with E-state index in [0.29, 0.717) is 35.6 Å². The lowest BCUT2D eigenvalue weighted by atomic mass is 9.91. The zero-order chi connectivity index (χ0) is 24.2. The number of aromatic hydroxyl groups is 1. The van der Waals surface area contributed by atoms with E-state index < -0.39 is 23.4 Å². The predicted molar refractivity (Wildman–Crippen MR) is 123 cm³/mol. The van der Waals surface area contributed by atoms with E-state index in [1.165, 1.54) is 18.3 Å². The van der Waals surface area contributed by atoms with Crippen LogP contribution in [0, 0.1) is 11.6 Å². The lowest BCUT2D eigenvalue weighted by Gasteiger charge is -2.19. The molecule has 0 saturated carbocycles. The maximum absolute atomic E-state index is 13.7. The second-order valence-electron chi connectivity index (χ2n) is 7.76. The van der Waals surface area contributed by atoms with E-state index in [4.69, 9.17) is 4.74 Å². The van der Waals surface area contributed by atoms with Crippen LogP contribution in [0.25, 0.3) is 16.7 Å². The van der Waals surface area contributed by atoms with Crippen LogP contribution in [0.2, 0.25) is 0 Å². The van der Waals surface area contributed by atoms with Gasteiger partial charge in [-0.05, 0) is 59.5 Å². The summed E-state index contributed by atoms with van der Waals surface area (Å²) in [4.78, 5) is 24.8. The molecule has 3 aromatic carbocycles. The first-order chi connectivity index (χ1) is 16.4. The minimum atomic E-state index is -0.990. The molecule has 0 spiro atoms. The summed E-state index contributed by atoms with van der Waals surface area (Å²) in [5.41, 5.74) is 2.56. The Morgan fingerprint density at radius 3 is 2.44 bits per heavy atom. The van der Waals surface area contributed by atoms with Gasteiger partial charge in [0.1, 0.15) is 0 Å². The number of hydrogen-bond donors (Lipinski definition) is 3. The maximum atomic E-state index is 13.7. The number of phenols is 1. The lowest BCUT2D eigenvalue weighted by molar-refractivity contribution is -0.114. The van der Waals surface area contributed by atoms with Gasteiger partial charge in [0.15, 0.2) is 23.1 Å². The second kappa shape index (κ2) is 9.74. The molecule has 6 nitrogen and oxygen atoms in total. The summed E-state index contributed by atoms with van der Waals surface area (Å²) < 4.78 is 32.5. The molecule has 0 radical (unpaired) electrons. The van der Waals surface area contributed by atoms with Crippen LogP contribution in [0.1, 0.15) is 34.8 Å².